The van der Waals surface area contributed by atoms with E-state index in [1.165, 1.54) is 26.4 Å². The van der Waals surface area contributed by atoms with E-state index in [9.17, 15) is 14.4 Å². The molecule has 0 aliphatic carbocycles. The van der Waals surface area contributed by atoms with Crippen molar-refractivity contribution in [3.05, 3.63) is 91.2 Å². The minimum Gasteiger partial charge on any atom is -0.491 e. The highest BCUT2D eigenvalue weighted by Gasteiger charge is 2.25. The Morgan fingerprint density at radius 2 is 1.86 bits per heavy atom. The average Bonchev–Trinajstić information content (AvgIpc) is 2.85. The predicted octanol–water partition coefficient (Wildman–Crippen LogP) is 2.56. The largest absolute Gasteiger partial charge is 0.491 e. The molecule has 11 heteroatoms. The maximum atomic E-state index is 13.8. The lowest BCUT2D eigenvalue weighted by molar-refractivity contribution is 0.100. The van der Waals surface area contributed by atoms with Crippen molar-refractivity contribution in [3.63, 3.8) is 0 Å². The van der Waals surface area contributed by atoms with Crippen molar-refractivity contribution in [2.24, 2.45) is 5.73 Å². The maximum absolute atomic E-state index is 13.8. The molecule has 4 rings (SSSR count). The molecule has 0 aliphatic heterocycles. The number of nitrogens with one attached hydrogen (secondary N) is 1. The summed E-state index contributed by atoms with van der Waals surface area (Å²) in [6, 6.07) is 12.1. The number of halogens is 1. The SMILES string of the molecule is COc1ccc(C(c2cccc(Cl)c2)n2c(=O)[nH]c3cc(C(N)=O)c(N(C)C)cc3c2=O)nc1OC. The van der Waals surface area contributed by atoms with Crippen LogP contribution in [0.2, 0.25) is 5.02 Å². The summed E-state index contributed by atoms with van der Waals surface area (Å²) in [5.74, 6) is -0.106. The zero-order valence-corrected chi connectivity index (χ0v) is 20.8. The van der Waals surface area contributed by atoms with Gasteiger partial charge in [0, 0.05) is 24.8 Å². The van der Waals surface area contributed by atoms with Gasteiger partial charge in [-0.05, 0) is 42.0 Å². The third-order valence-electron chi connectivity index (χ3n) is 5.76. The number of primary amides is 1. The van der Waals surface area contributed by atoms with E-state index in [1.807, 2.05) is 0 Å². The average molecular weight is 510 g/mol. The first-order valence-electron chi connectivity index (χ1n) is 10.8. The molecular weight excluding hydrogens is 486 g/mol. The lowest BCUT2D eigenvalue weighted by Gasteiger charge is -2.22. The lowest BCUT2D eigenvalue weighted by Crippen LogP contribution is -2.39. The van der Waals surface area contributed by atoms with Crippen LogP contribution in [-0.2, 0) is 0 Å². The first-order valence-corrected chi connectivity index (χ1v) is 11.2. The van der Waals surface area contributed by atoms with E-state index in [-0.39, 0.29) is 22.3 Å². The van der Waals surface area contributed by atoms with Gasteiger partial charge >= 0.3 is 5.69 Å². The fourth-order valence-corrected chi connectivity index (χ4v) is 4.29. The van der Waals surface area contributed by atoms with Gasteiger partial charge in [0.05, 0.1) is 36.4 Å². The molecule has 0 saturated heterocycles. The number of fused-ring (bicyclic) bond motifs is 1. The van der Waals surface area contributed by atoms with Crippen LogP contribution in [0.25, 0.3) is 10.9 Å². The Labute approximate surface area is 210 Å². The summed E-state index contributed by atoms with van der Waals surface area (Å²) in [7, 11) is 6.37. The molecule has 2 heterocycles. The molecular formula is C25H24ClN5O5. The number of methoxy groups -OCH3 is 2. The van der Waals surface area contributed by atoms with Crippen molar-refractivity contribution in [2.75, 3.05) is 33.2 Å². The normalized spacial score (nSPS) is 11.8. The number of amides is 1. The minimum absolute atomic E-state index is 0.174. The summed E-state index contributed by atoms with van der Waals surface area (Å²) in [4.78, 5) is 48.1. The Bertz CT molecular complexity index is 1590. The Morgan fingerprint density at radius 3 is 2.47 bits per heavy atom. The molecule has 1 amide bonds. The minimum atomic E-state index is -0.956. The zero-order chi connectivity index (χ0) is 26.1. The summed E-state index contributed by atoms with van der Waals surface area (Å²) in [6.45, 7) is 0. The first-order chi connectivity index (χ1) is 17.2. The number of pyridine rings is 1. The molecule has 4 aromatic rings. The van der Waals surface area contributed by atoms with E-state index in [0.717, 1.165) is 4.57 Å². The van der Waals surface area contributed by atoms with Gasteiger partial charge in [-0.25, -0.2) is 14.3 Å². The van der Waals surface area contributed by atoms with Crippen LogP contribution in [0.15, 0.2) is 58.1 Å². The number of hydrogen-bond donors (Lipinski definition) is 2. The van der Waals surface area contributed by atoms with Gasteiger partial charge in [-0.15, -0.1) is 0 Å². The number of H-pyrrole nitrogens is 1. The van der Waals surface area contributed by atoms with E-state index in [2.05, 4.69) is 9.97 Å². The van der Waals surface area contributed by atoms with Crippen molar-refractivity contribution in [2.45, 2.75) is 6.04 Å². The van der Waals surface area contributed by atoms with Gasteiger partial charge in [-0.3, -0.25) is 9.59 Å². The van der Waals surface area contributed by atoms with Crippen LogP contribution in [0.5, 0.6) is 11.6 Å². The van der Waals surface area contributed by atoms with Crippen LogP contribution < -0.4 is 31.4 Å². The highest BCUT2D eigenvalue weighted by molar-refractivity contribution is 6.30. The number of carbonyl (C=O) groups excluding carboxylic acids is 1. The van der Waals surface area contributed by atoms with Crippen molar-refractivity contribution in [1.29, 1.82) is 0 Å². The fraction of sp³-hybridized carbons (Fsp3) is 0.200. The number of ether oxygens (including phenoxy) is 2. The monoisotopic (exact) mass is 509 g/mol. The van der Waals surface area contributed by atoms with Gasteiger partial charge in [0.25, 0.3) is 17.3 Å². The second-order valence-corrected chi connectivity index (χ2v) is 8.62. The van der Waals surface area contributed by atoms with Crippen LogP contribution >= 0.6 is 11.6 Å². The molecule has 186 valence electrons. The molecule has 10 nitrogen and oxygen atoms in total. The smallest absolute Gasteiger partial charge is 0.329 e. The number of nitrogens with zero attached hydrogens (tertiary/aromatic N) is 3. The van der Waals surface area contributed by atoms with E-state index >= 15 is 0 Å². The molecule has 2 aromatic carbocycles. The quantitative estimate of drug-likeness (QED) is 0.391. The van der Waals surface area contributed by atoms with Crippen molar-refractivity contribution >= 4 is 34.1 Å². The number of hydrogen-bond acceptors (Lipinski definition) is 7. The zero-order valence-electron chi connectivity index (χ0n) is 20.0. The van der Waals surface area contributed by atoms with Crippen molar-refractivity contribution in [3.8, 4) is 11.6 Å². The Balaban J connectivity index is 2.07. The van der Waals surface area contributed by atoms with Crippen LogP contribution in [0, 0.1) is 0 Å². The number of aromatic amines is 1. The standard InChI is InChI=1S/C25H24ClN5O5/c1-30(2)19-12-15-18(11-16(19)22(27)32)29-25(34)31(24(15)33)21(13-6-5-7-14(26)10-13)17-8-9-20(35-3)23(28-17)36-4/h5-12,21H,1-4H3,(H2,27,32)(H,29,34). The molecule has 36 heavy (non-hydrogen) atoms. The molecule has 0 spiro atoms. The van der Waals surface area contributed by atoms with Gasteiger partial charge in [0.15, 0.2) is 5.75 Å². The summed E-state index contributed by atoms with van der Waals surface area (Å²) >= 11 is 6.26. The number of aromatic nitrogens is 3. The summed E-state index contributed by atoms with van der Waals surface area (Å²) in [5.41, 5.74) is 5.94. The molecule has 1 atom stereocenters. The lowest BCUT2D eigenvalue weighted by atomic mass is 10.0. The second kappa shape index (κ2) is 9.74. The van der Waals surface area contributed by atoms with E-state index in [1.54, 1.807) is 55.4 Å². The highest BCUT2D eigenvalue weighted by Crippen LogP contribution is 2.31. The van der Waals surface area contributed by atoms with Gasteiger partial charge in [-0.2, -0.15) is 0 Å². The highest BCUT2D eigenvalue weighted by atomic mass is 35.5. The number of nitrogens with two attached hydrogens (primary N) is 1. The number of benzene rings is 2. The van der Waals surface area contributed by atoms with Crippen LogP contribution in [0.4, 0.5) is 5.69 Å². The molecule has 0 radical (unpaired) electrons. The molecule has 3 N–H and O–H groups in total. The molecule has 0 aliphatic rings. The third kappa shape index (κ3) is 4.38. The van der Waals surface area contributed by atoms with Crippen molar-refractivity contribution in [1.82, 2.24) is 14.5 Å². The van der Waals surface area contributed by atoms with Crippen LogP contribution in [0.1, 0.15) is 27.7 Å². The van der Waals surface area contributed by atoms with Gasteiger partial charge in [0.1, 0.15) is 6.04 Å². The molecule has 1 unspecified atom stereocenters. The predicted molar refractivity (Wildman–Crippen MR) is 138 cm³/mol. The molecule has 0 saturated carbocycles. The van der Waals surface area contributed by atoms with Gasteiger partial charge in [0.2, 0.25) is 0 Å². The van der Waals surface area contributed by atoms with Gasteiger partial charge < -0.3 is 25.1 Å². The Hall–Kier alpha value is -4.31. The Kier molecular flexibility index (Phi) is 6.71. The topological polar surface area (TPSA) is 133 Å². The second-order valence-electron chi connectivity index (χ2n) is 8.18. The van der Waals surface area contributed by atoms with Gasteiger partial charge in [-0.1, -0.05) is 23.7 Å². The summed E-state index contributed by atoms with van der Waals surface area (Å²) in [5, 5.41) is 0.611. The fourth-order valence-electron chi connectivity index (χ4n) is 4.09. The molecule has 0 fully saturated rings. The van der Waals surface area contributed by atoms with Crippen LogP contribution in [-0.4, -0.2) is 48.8 Å². The van der Waals surface area contributed by atoms with E-state index in [4.69, 9.17) is 26.8 Å². The Morgan fingerprint density at radius 1 is 1.11 bits per heavy atom. The van der Waals surface area contributed by atoms with Crippen molar-refractivity contribution < 1.29 is 14.3 Å². The number of anilines is 1. The number of carbonyl (C=O) groups is 1. The molecule has 2 aromatic heterocycles. The number of rotatable bonds is 7. The summed E-state index contributed by atoms with van der Waals surface area (Å²) < 4.78 is 11.7. The first kappa shape index (κ1) is 24.8. The van der Waals surface area contributed by atoms with E-state index in [0.29, 0.717) is 27.7 Å². The third-order valence-corrected chi connectivity index (χ3v) is 5.99. The van der Waals surface area contributed by atoms with E-state index < -0.39 is 23.2 Å². The molecule has 0 bridgehead atoms. The summed E-state index contributed by atoms with van der Waals surface area (Å²) in [6.07, 6.45) is 0. The maximum Gasteiger partial charge on any atom is 0.329 e. The van der Waals surface area contributed by atoms with Crippen LogP contribution in [0.3, 0.4) is 0 Å².